The molecule has 0 amide bonds. The molecule has 2 aromatic heterocycles. The number of halogens is 6. The number of hydrogen-bond donors (Lipinski definition) is 0. The van der Waals surface area contributed by atoms with Crippen molar-refractivity contribution in [2.75, 3.05) is 0 Å². The Balaban J connectivity index is -0.000000502. The Morgan fingerprint density at radius 3 is 1.50 bits per heavy atom. The summed E-state index contributed by atoms with van der Waals surface area (Å²) in [6, 6.07) is 9.98. The van der Waals surface area contributed by atoms with Crippen LogP contribution in [0.5, 0.6) is 0 Å². The fourth-order valence-electron chi connectivity index (χ4n) is 3.17. The van der Waals surface area contributed by atoms with E-state index in [2.05, 4.69) is 0 Å². The molecule has 2 aromatic carbocycles. The van der Waals surface area contributed by atoms with Crippen LogP contribution in [0, 0.1) is 20.8 Å². The minimum atomic E-state index is -4.26. The molecule has 0 saturated heterocycles. The number of benzene rings is 2. The molecule has 2 heterocycles. The molecule has 0 radical (unpaired) electrons. The van der Waals surface area contributed by atoms with Gasteiger partial charge in [-0.2, -0.15) is 45.5 Å². The van der Waals surface area contributed by atoms with Gasteiger partial charge in [0, 0.05) is 14.3 Å². The average Bonchev–Trinajstić information content (AvgIpc) is 3.32. The topological polar surface area (TPSA) is 130 Å². The maximum absolute atomic E-state index is 12.8. The van der Waals surface area contributed by atoms with E-state index in [0.717, 1.165) is 16.2 Å². The number of aryl methyl sites for hydroxylation is 3. The summed E-state index contributed by atoms with van der Waals surface area (Å²) in [5, 5.41) is 3.02. The normalized spacial score (nSPS) is 9.82. The summed E-state index contributed by atoms with van der Waals surface area (Å²) in [6.07, 6.45) is -8.02. The van der Waals surface area contributed by atoms with E-state index in [9.17, 15) is 26.3 Å². The summed E-state index contributed by atoms with van der Waals surface area (Å²) in [4.78, 5) is 33.4. The van der Waals surface area contributed by atoms with Gasteiger partial charge in [-0.15, -0.1) is 22.7 Å². The van der Waals surface area contributed by atoms with Crippen LogP contribution in [0.1, 0.15) is 27.1 Å². The number of carbonyl (C=O) groups excluding carboxylic acids is 4. The Kier molecular flexibility index (Phi) is 17.7. The number of hydrogen-bond acceptors (Lipinski definition) is 7. The first-order chi connectivity index (χ1) is 16.2. The van der Waals surface area contributed by atoms with Crippen molar-refractivity contribution in [3.8, 4) is 0 Å². The predicted octanol–water partition coefficient (Wildman–Crippen LogP) is 3.60. The third-order valence-corrected chi connectivity index (χ3v) is 6.45. The van der Waals surface area contributed by atoms with Crippen molar-refractivity contribution in [2.24, 2.45) is 0 Å². The van der Waals surface area contributed by atoms with Crippen molar-refractivity contribution in [2.45, 2.75) is 33.1 Å². The second-order valence-corrected chi connectivity index (χ2v) is 8.96. The zero-order valence-corrected chi connectivity index (χ0v) is 21.8. The molecule has 4 aromatic rings. The third kappa shape index (κ3) is 10.5. The largest absolute Gasteiger partial charge is 1.00 e. The van der Waals surface area contributed by atoms with Crippen LogP contribution in [0.4, 0.5) is 26.3 Å². The van der Waals surface area contributed by atoms with Gasteiger partial charge in [-0.3, -0.25) is 0 Å². The van der Waals surface area contributed by atoms with Crippen molar-refractivity contribution in [3.63, 3.8) is 0 Å². The van der Waals surface area contributed by atoms with Gasteiger partial charge in [-0.25, -0.2) is 0 Å². The van der Waals surface area contributed by atoms with Gasteiger partial charge in [0.15, 0.2) is 0 Å². The van der Waals surface area contributed by atoms with Gasteiger partial charge in [0.25, 0.3) is 0 Å². The quantitative estimate of drug-likeness (QED) is 0.233. The van der Waals surface area contributed by atoms with E-state index in [1.165, 1.54) is 37.3 Å². The van der Waals surface area contributed by atoms with Crippen LogP contribution in [0.2, 0.25) is 0 Å². The van der Waals surface area contributed by atoms with E-state index in [1.54, 1.807) is 29.6 Å². The molecule has 0 atom stereocenters. The molecule has 0 aliphatic heterocycles. The number of alkyl halides is 6. The fraction of sp³-hybridized carbons (Fsp3) is 0.217. The van der Waals surface area contributed by atoms with E-state index in [4.69, 9.17) is 19.2 Å². The third-order valence-electron chi connectivity index (χ3n) is 4.42. The summed E-state index contributed by atoms with van der Waals surface area (Å²) in [5.41, 5.74) is -0.410. The molecule has 202 valence electrons. The van der Waals surface area contributed by atoms with Gasteiger partial charge < -0.3 is 11.0 Å². The van der Waals surface area contributed by atoms with Crippen LogP contribution >= 0.6 is 22.7 Å². The van der Waals surface area contributed by atoms with Crippen molar-refractivity contribution < 1.29 is 75.3 Å². The summed E-state index contributed by atoms with van der Waals surface area (Å²) < 4.78 is 77.1. The van der Waals surface area contributed by atoms with Crippen LogP contribution < -0.4 is 18.9 Å². The summed E-state index contributed by atoms with van der Waals surface area (Å²) in [6.45, 7) is 4.81. The molecule has 0 unspecified atom stereocenters. The van der Waals surface area contributed by atoms with Gasteiger partial charge in [-0.1, -0.05) is 24.3 Å². The number of thiophene rings is 2. The van der Waals surface area contributed by atoms with E-state index >= 15 is 0 Å². The molecule has 4 rings (SSSR count). The van der Waals surface area contributed by atoms with Crippen molar-refractivity contribution >= 4 is 55.1 Å². The zero-order valence-electron chi connectivity index (χ0n) is 20.2. The molecule has 0 aliphatic rings. The second kappa shape index (κ2) is 16.9. The predicted molar refractivity (Wildman–Crippen MR) is 123 cm³/mol. The Hall–Kier alpha value is -2.78. The molecule has 15 heteroatoms. The smallest absolute Gasteiger partial charge is 0.870 e. The van der Waals surface area contributed by atoms with E-state index < -0.39 is 23.5 Å². The standard InChI is InChI=1S/C11H9F3S.C10H7F3S.2CO2.Li.2H2O/c1-6-3-4-8-5-7(2)15-10(8)9(6)11(12,13)14;1-6-2-3-7-4-5-14-9(7)8(6)10(11,12)13;2*2-1-3;;;/h3-5H,1-2H3;2-5H,1H3;;;;2*1H2/q;;;;+1;;/p-1. The van der Waals surface area contributed by atoms with Gasteiger partial charge in [0.05, 0.1) is 11.1 Å². The van der Waals surface area contributed by atoms with Gasteiger partial charge in [0.1, 0.15) is 0 Å². The molecule has 0 saturated carbocycles. The van der Waals surface area contributed by atoms with Crippen molar-refractivity contribution in [1.82, 2.24) is 0 Å². The maximum atomic E-state index is 12.8. The number of fused-ring (bicyclic) bond motifs is 2. The molecule has 0 aliphatic carbocycles. The molecule has 0 fully saturated rings. The SMILES string of the molecule is Cc1cc2ccc(C)c(C(F)(F)F)c2s1.Cc1ccc2ccsc2c1C(F)(F)F.O.O=C=O.O=C=O.[Li+].[OH-]. The van der Waals surface area contributed by atoms with Crippen LogP contribution in [-0.2, 0) is 31.5 Å². The van der Waals surface area contributed by atoms with Gasteiger partial charge >= 0.3 is 43.5 Å². The first-order valence-corrected chi connectivity index (χ1v) is 11.0. The Labute approximate surface area is 232 Å². The van der Waals surface area contributed by atoms with Crippen molar-refractivity contribution in [1.29, 1.82) is 0 Å². The summed E-state index contributed by atoms with van der Waals surface area (Å²) >= 11 is 2.33. The van der Waals surface area contributed by atoms with Crippen molar-refractivity contribution in [3.05, 3.63) is 68.9 Å². The maximum Gasteiger partial charge on any atom is 1.00 e. The fourth-order valence-corrected chi connectivity index (χ4v) is 5.31. The zero-order chi connectivity index (χ0) is 27.0. The Morgan fingerprint density at radius 1 is 0.684 bits per heavy atom. The molecule has 0 bridgehead atoms. The molecule has 6 nitrogen and oxygen atoms in total. The summed E-state index contributed by atoms with van der Waals surface area (Å²) in [5.74, 6) is 0. The number of rotatable bonds is 0. The van der Waals surface area contributed by atoms with Crippen LogP contribution in [-0.4, -0.2) is 23.3 Å². The van der Waals surface area contributed by atoms with Crippen LogP contribution in [0.15, 0.2) is 41.8 Å². The molecular formula is C23H19F6LiO6S2. The first-order valence-electron chi connectivity index (χ1n) is 9.32. The van der Waals surface area contributed by atoms with Crippen LogP contribution in [0.3, 0.4) is 0 Å². The molecule has 3 N–H and O–H groups in total. The van der Waals surface area contributed by atoms with E-state index in [-0.39, 0.29) is 53.2 Å². The summed E-state index contributed by atoms with van der Waals surface area (Å²) in [7, 11) is 0. The first kappa shape index (κ1) is 39.7. The van der Waals surface area contributed by atoms with Gasteiger partial charge in [0.2, 0.25) is 0 Å². The minimum Gasteiger partial charge on any atom is -0.870 e. The average molecular weight is 576 g/mol. The molecule has 0 spiro atoms. The van der Waals surface area contributed by atoms with E-state index in [0.29, 0.717) is 20.2 Å². The van der Waals surface area contributed by atoms with Crippen LogP contribution in [0.25, 0.3) is 20.2 Å². The second-order valence-electron chi connectivity index (χ2n) is 6.79. The monoisotopic (exact) mass is 576 g/mol. The Morgan fingerprint density at radius 2 is 1.08 bits per heavy atom. The minimum absolute atomic E-state index is 0. The molecular weight excluding hydrogens is 557 g/mol. The molecule has 38 heavy (non-hydrogen) atoms. The van der Waals surface area contributed by atoms with Gasteiger partial charge in [-0.05, 0) is 60.2 Å². The Bertz CT molecular complexity index is 1350. The van der Waals surface area contributed by atoms with E-state index in [1.807, 2.05) is 6.92 Å².